The molecule has 1 aliphatic carbocycles. The summed E-state index contributed by atoms with van der Waals surface area (Å²) in [5.74, 6) is 7.42. The van der Waals surface area contributed by atoms with Gasteiger partial charge in [-0.25, -0.2) is 0 Å². The summed E-state index contributed by atoms with van der Waals surface area (Å²) in [5, 5.41) is 4.21. The van der Waals surface area contributed by atoms with E-state index >= 15 is 0 Å². The SMILES string of the molecule is CCC1CCC(C(CCc2ccnn2C)NN)C1. The molecule has 3 atom stereocenters. The first-order chi connectivity index (χ1) is 8.74. The molecule has 1 heterocycles. The summed E-state index contributed by atoms with van der Waals surface area (Å²) in [7, 11) is 2.00. The number of nitrogens with zero attached hydrogens (tertiary/aromatic N) is 2. The minimum atomic E-state index is 0.455. The predicted molar refractivity (Wildman–Crippen MR) is 73.8 cm³/mol. The molecular formula is C14H26N4. The molecule has 1 aromatic heterocycles. The Labute approximate surface area is 110 Å². The van der Waals surface area contributed by atoms with Crippen molar-refractivity contribution in [2.24, 2.45) is 24.7 Å². The predicted octanol–water partition coefficient (Wildman–Crippen LogP) is 2.01. The lowest BCUT2D eigenvalue weighted by Gasteiger charge is -2.23. The van der Waals surface area contributed by atoms with E-state index in [0.717, 1.165) is 24.7 Å². The molecule has 0 saturated heterocycles. The molecule has 0 bridgehead atoms. The van der Waals surface area contributed by atoms with Crippen molar-refractivity contribution in [3.05, 3.63) is 18.0 Å². The van der Waals surface area contributed by atoms with Crippen LogP contribution in [0.25, 0.3) is 0 Å². The second-order valence-corrected chi connectivity index (χ2v) is 5.61. The van der Waals surface area contributed by atoms with Crippen molar-refractivity contribution in [1.82, 2.24) is 15.2 Å². The zero-order valence-corrected chi connectivity index (χ0v) is 11.6. The van der Waals surface area contributed by atoms with Crippen LogP contribution in [0.1, 0.15) is 44.7 Å². The molecule has 1 saturated carbocycles. The Morgan fingerprint density at radius 3 is 2.94 bits per heavy atom. The monoisotopic (exact) mass is 250 g/mol. The third-order valence-electron chi connectivity index (χ3n) is 4.58. The molecule has 0 spiro atoms. The third kappa shape index (κ3) is 3.12. The van der Waals surface area contributed by atoms with E-state index in [1.54, 1.807) is 0 Å². The fourth-order valence-electron chi connectivity index (χ4n) is 3.25. The van der Waals surface area contributed by atoms with Crippen molar-refractivity contribution in [2.45, 2.75) is 51.5 Å². The van der Waals surface area contributed by atoms with Gasteiger partial charge in [0.15, 0.2) is 0 Å². The van der Waals surface area contributed by atoms with E-state index < -0.39 is 0 Å². The fourth-order valence-corrected chi connectivity index (χ4v) is 3.25. The minimum absolute atomic E-state index is 0.455. The van der Waals surface area contributed by atoms with E-state index in [-0.39, 0.29) is 0 Å². The lowest BCUT2D eigenvalue weighted by molar-refractivity contribution is 0.331. The summed E-state index contributed by atoms with van der Waals surface area (Å²) < 4.78 is 1.96. The fraction of sp³-hybridized carbons (Fsp3) is 0.786. The Bertz CT molecular complexity index is 360. The van der Waals surface area contributed by atoms with Crippen molar-refractivity contribution in [3.63, 3.8) is 0 Å². The molecule has 1 fully saturated rings. The van der Waals surface area contributed by atoms with Gasteiger partial charge in [0.2, 0.25) is 0 Å². The number of hydrogen-bond donors (Lipinski definition) is 2. The van der Waals surface area contributed by atoms with E-state index in [9.17, 15) is 0 Å². The van der Waals surface area contributed by atoms with Crippen LogP contribution in [-0.2, 0) is 13.5 Å². The Hall–Kier alpha value is -0.870. The highest BCUT2D eigenvalue weighted by Crippen LogP contribution is 2.35. The summed E-state index contributed by atoms with van der Waals surface area (Å²) in [5.41, 5.74) is 4.33. The topological polar surface area (TPSA) is 55.9 Å². The smallest absolute Gasteiger partial charge is 0.0492 e. The lowest BCUT2D eigenvalue weighted by Crippen LogP contribution is -2.40. The van der Waals surface area contributed by atoms with Crippen LogP contribution in [0.2, 0.25) is 0 Å². The van der Waals surface area contributed by atoms with Crippen molar-refractivity contribution in [3.8, 4) is 0 Å². The molecule has 2 rings (SSSR count). The lowest BCUT2D eigenvalue weighted by atomic mass is 9.92. The first-order valence-corrected chi connectivity index (χ1v) is 7.17. The summed E-state index contributed by atoms with van der Waals surface area (Å²) in [6.45, 7) is 2.30. The summed E-state index contributed by atoms with van der Waals surface area (Å²) >= 11 is 0. The Morgan fingerprint density at radius 2 is 2.39 bits per heavy atom. The van der Waals surface area contributed by atoms with Crippen LogP contribution in [0.5, 0.6) is 0 Å². The van der Waals surface area contributed by atoms with Crippen molar-refractivity contribution in [2.75, 3.05) is 0 Å². The summed E-state index contributed by atoms with van der Waals surface area (Å²) in [4.78, 5) is 0. The van der Waals surface area contributed by atoms with Crippen molar-refractivity contribution in [1.29, 1.82) is 0 Å². The standard InChI is InChI=1S/C14H26N4/c1-3-11-4-5-12(10-11)14(17-15)7-6-13-8-9-16-18(13)2/h8-9,11-12,14,17H,3-7,10,15H2,1-2H3. The van der Waals surface area contributed by atoms with Crippen LogP contribution in [0.4, 0.5) is 0 Å². The number of aromatic nitrogens is 2. The Morgan fingerprint density at radius 1 is 1.56 bits per heavy atom. The highest BCUT2D eigenvalue weighted by molar-refractivity contribution is 5.01. The Kier molecular flexibility index (Phi) is 4.78. The number of hydrogen-bond acceptors (Lipinski definition) is 3. The molecule has 0 amide bonds. The van der Waals surface area contributed by atoms with Crippen molar-refractivity contribution < 1.29 is 0 Å². The number of aryl methyl sites for hydroxylation is 2. The number of rotatable bonds is 6. The molecule has 4 heteroatoms. The van der Waals surface area contributed by atoms with Gasteiger partial charge in [-0.05, 0) is 43.6 Å². The van der Waals surface area contributed by atoms with Crippen LogP contribution in [-0.4, -0.2) is 15.8 Å². The van der Waals surface area contributed by atoms with Crippen LogP contribution >= 0.6 is 0 Å². The van der Waals surface area contributed by atoms with Gasteiger partial charge in [-0.3, -0.25) is 16.0 Å². The van der Waals surface area contributed by atoms with Gasteiger partial charge in [-0.15, -0.1) is 0 Å². The van der Waals surface area contributed by atoms with E-state index in [1.165, 1.54) is 31.4 Å². The maximum atomic E-state index is 5.74. The number of nitrogens with one attached hydrogen (secondary N) is 1. The number of hydrazine groups is 1. The van der Waals surface area contributed by atoms with Gasteiger partial charge >= 0.3 is 0 Å². The molecule has 0 radical (unpaired) electrons. The quantitative estimate of drug-likeness (QED) is 0.600. The van der Waals surface area contributed by atoms with Gasteiger partial charge in [0.25, 0.3) is 0 Å². The summed E-state index contributed by atoms with van der Waals surface area (Å²) in [6, 6.07) is 2.55. The van der Waals surface area contributed by atoms with Gasteiger partial charge in [0, 0.05) is 25.0 Å². The zero-order valence-electron chi connectivity index (χ0n) is 11.6. The van der Waals surface area contributed by atoms with Crippen molar-refractivity contribution >= 4 is 0 Å². The normalized spacial score (nSPS) is 25.5. The molecule has 4 nitrogen and oxygen atoms in total. The molecule has 3 N–H and O–H groups in total. The molecule has 1 aromatic rings. The van der Waals surface area contributed by atoms with Gasteiger partial charge in [-0.2, -0.15) is 5.10 Å². The van der Waals surface area contributed by atoms with Gasteiger partial charge in [-0.1, -0.05) is 19.8 Å². The minimum Gasteiger partial charge on any atom is -0.273 e. The molecule has 18 heavy (non-hydrogen) atoms. The maximum Gasteiger partial charge on any atom is 0.0492 e. The number of nitrogens with two attached hydrogens (primary N) is 1. The molecular weight excluding hydrogens is 224 g/mol. The second kappa shape index (κ2) is 6.34. The van der Waals surface area contributed by atoms with Gasteiger partial charge in [0.05, 0.1) is 0 Å². The average Bonchev–Trinajstić information content (AvgIpc) is 3.00. The van der Waals surface area contributed by atoms with Crippen LogP contribution in [0.3, 0.4) is 0 Å². The zero-order chi connectivity index (χ0) is 13.0. The first-order valence-electron chi connectivity index (χ1n) is 7.17. The first kappa shape index (κ1) is 13.6. The van der Waals surface area contributed by atoms with E-state index in [0.29, 0.717) is 6.04 Å². The molecule has 3 unspecified atom stereocenters. The van der Waals surface area contributed by atoms with Gasteiger partial charge in [0.1, 0.15) is 0 Å². The van der Waals surface area contributed by atoms with E-state index in [4.69, 9.17) is 5.84 Å². The highest BCUT2D eigenvalue weighted by atomic mass is 15.3. The highest BCUT2D eigenvalue weighted by Gasteiger charge is 2.29. The van der Waals surface area contributed by atoms with Gasteiger partial charge < -0.3 is 0 Å². The Balaban J connectivity index is 1.84. The largest absolute Gasteiger partial charge is 0.273 e. The summed E-state index contributed by atoms with van der Waals surface area (Å²) in [6.07, 6.45) is 9.40. The third-order valence-corrected chi connectivity index (χ3v) is 4.58. The van der Waals surface area contributed by atoms with Crippen LogP contribution in [0.15, 0.2) is 12.3 Å². The average molecular weight is 250 g/mol. The van der Waals surface area contributed by atoms with Crippen LogP contribution in [0, 0.1) is 11.8 Å². The molecule has 102 valence electrons. The molecule has 1 aliphatic rings. The van der Waals surface area contributed by atoms with E-state index in [2.05, 4.69) is 23.5 Å². The molecule has 0 aromatic carbocycles. The van der Waals surface area contributed by atoms with Crippen LogP contribution < -0.4 is 11.3 Å². The van der Waals surface area contributed by atoms with E-state index in [1.807, 2.05) is 17.9 Å². The maximum absolute atomic E-state index is 5.74. The second-order valence-electron chi connectivity index (χ2n) is 5.61. The molecule has 0 aliphatic heterocycles.